The second-order valence-corrected chi connectivity index (χ2v) is 4.29. The smallest absolute Gasteiger partial charge is 0.286 e. The minimum atomic E-state index is -0.387. The number of carbonyl (C=O) groups excluding carboxylic acids is 2. The molecule has 5 nitrogen and oxygen atoms in total. The van der Waals surface area contributed by atoms with Crippen molar-refractivity contribution in [2.75, 3.05) is 0 Å². The second kappa shape index (κ2) is 5.39. The molecule has 1 aromatic carbocycles. The molecule has 19 heavy (non-hydrogen) atoms. The zero-order valence-corrected chi connectivity index (χ0v) is 10.8. The van der Waals surface area contributed by atoms with Gasteiger partial charge in [-0.2, -0.15) is 0 Å². The van der Waals surface area contributed by atoms with Gasteiger partial charge in [-0.3, -0.25) is 20.4 Å². The molecule has 0 aliphatic heterocycles. The normalized spacial score (nSPS) is 10.0. The highest BCUT2D eigenvalue weighted by atomic mass is 16.2. The van der Waals surface area contributed by atoms with E-state index < -0.39 is 0 Å². The first-order valence-corrected chi connectivity index (χ1v) is 5.89. The molecule has 0 unspecified atom stereocenters. The van der Waals surface area contributed by atoms with Gasteiger partial charge in [0.25, 0.3) is 11.8 Å². The molecule has 5 heteroatoms. The van der Waals surface area contributed by atoms with E-state index >= 15 is 0 Å². The zero-order chi connectivity index (χ0) is 13.8. The molecule has 0 saturated carbocycles. The van der Waals surface area contributed by atoms with E-state index in [1.165, 1.54) is 0 Å². The van der Waals surface area contributed by atoms with Crippen LogP contribution in [0.25, 0.3) is 0 Å². The van der Waals surface area contributed by atoms with Gasteiger partial charge in [-0.15, -0.1) is 0 Å². The monoisotopic (exact) mass is 257 g/mol. The van der Waals surface area contributed by atoms with Crippen LogP contribution in [-0.2, 0) is 0 Å². The van der Waals surface area contributed by atoms with Crippen molar-refractivity contribution in [3.05, 3.63) is 58.9 Å². The topological polar surface area (TPSA) is 74.0 Å². The van der Waals surface area contributed by atoms with E-state index in [0.29, 0.717) is 11.3 Å². The van der Waals surface area contributed by atoms with Gasteiger partial charge in [-0.25, -0.2) is 0 Å². The molecule has 0 fully saturated rings. The quantitative estimate of drug-likeness (QED) is 0.716. The van der Waals surface area contributed by atoms with Crippen molar-refractivity contribution in [1.29, 1.82) is 0 Å². The molecule has 0 aliphatic carbocycles. The number of aromatic nitrogens is 1. The molecule has 3 N–H and O–H groups in total. The second-order valence-electron chi connectivity index (χ2n) is 4.29. The maximum Gasteiger partial charge on any atom is 0.286 e. The third-order valence-corrected chi connectivity index (χ3v) is 2.90. The van der Waals surface area contributed by atoms with E-state index in [4.69, 9.17) is 0 Å². The van der Waals surface area contributed by atoms with Crippen molar-refractivity contribution < 1.29 is 9.59 Å². The number of benzene rings is 1. The van der Waals surface area contributed by atoms with Crippen molar-refractivity contribution in [1.82, 2.24) is 15.8 Å². The molecule has 98 valence electrons. The fraction of sp³-hybridized carbons (Fsp3) is 0.143. The van der Waals surface area contributed by atoms with Gasteiger partial charge in [0, 0.05) is 11.8 Å². The highest BCUT2D eigenvalue weighted by Crippen LogP contribution is 2.09. The number of amides is 2. The number of nitrogens with one attached hydrogen (secondary N) is 3. The summed E-state index contributed by atoms with van der Waals surface area (Å²) in [6.07, 6.45) is 1.64. The number of aryl methyl sites for hydroxylation is 2. The predicted octanol–water partition coefficient (Wildman–Crippen LogP) is 1.71. The summed E-state index contributed by atoms with van der Waals surface area (Å²) in [4.78, 5) is 26.2. The Balaban J connectivity index is 1.98. The number of rotatable bonds is 2. The standard InChI is InChI=1S/C14H15N3O2/c1-9-5-6-11(8-10(9)2)13(18)16-17-14(19)12-4-3-7-15-12/h3-8,15H,1-2H3,(H,16,18)(H,17,19). The predicted molar refractivity (Wildman–Crippen MR) is 71.6 cm³/mol. The molecular weight excluding hydrogens is 242 g/mol. The third kappa shape index (κ3) is 3.01. The van der Waals surface area contributed by atoms with E-state index in [1.807, 2.05) is 19.9 Å². The van der Waals surface area contributed by atoms with Crippen LogP contribution in [0.2, 0.25) is 0 Å². The molecule has 2 aromatic rings. The maximum absolute atomic E-state index is 11.8. The lowest BCUT2D eigenvalue weighted by Gasteiger charge is -2.08. The number of hydrogen-bond acceptors (Lipinski definition) is 2. The van der Waals surface area contributed by atoms with Gasteiger partial charge < -0.3 is 4.98 Å². The van der Waals surface area contributed by atoms with E-state index in [2.05, 4.69) is 15.8 Å². The molecule has 2 rings (SSSR count). The van der Waals surface area contributed by atoms with Crippen LogP contribution in [0.1, 0.15) is 32.0 Å². The van der Waals surface area contributed by atoms with Crippen molar-refractivity contribution in [3.8, 4) is 0 Å². The van der Waals surface area contributed by atoms with E-state index in [9.17, 15) is 9.59 Å². The number of aromatic amines is 1. The maximum atomic E-state index is 11.8. The molecule has 0 spiro atoms. The van der Waals surface area contributed by atoms with Crippen LogP contribution >= 0.6 is 0 Å². The lowest BCUT2D eigenvalue weighted by Crippen LogP contribution is -2.41. The summed E-state index contributed by atoms with van der Waals surface area (Å²) in [5.74, 6) is -0.731. The van der Waals surface area contributed by atoms with E-state index in [0.717, 1.165) is 11.1 Å². The Kier molecular flexibility index (Phi) is 3.66. The number of H-pyrrole nitrogens is 1. The van der Waals surface area contributed by atoms with Gasteiger partial charge in [0.05, 0.1) is 0 Å². The average molecular weight is 257 g/mol. The van der Waals surface area contributed by atoms with Crippen LogP contribution in [0.4, 0.5) is 0 Å². The summed E-state index contributed by atoms with van der Waals surface area (Å²) in [6, 6.07) is 8.71. The SMILES string of the molecule is Cc1ccc(C(=O)NNC(=O)c2ccc[nH]2)cc1C. The number of hydrazine groups is 1. The Bertz CT molecular complexity index is 603. The molecule has 0 bridgehead atoms. The Hall–Kier alpha value is -2.56. The molecule has 0 atom stereocenters. The van der Waals surface area contributed by atoms with Crippen molar-refractivity contribution >= 4 is 11.8 Å². The fourth-order valence-electron chi connectivity index (χ4n) is 1.61. The van der Waals surface area contributed by atoms with Gasteiger partial charge in [0.2, 0.25) is 0 Å². The molecule has 0 radical (unpaired) electrons. The average Bonchev–Trinajstić information content (AvgIpc) is 2.92. The number of carbonyl (C=O) groups is 2. The first kappa shape index (κ1) is 12.9. The minimum Gasteiger partial charge on any atom is -0.357 e. The van der Waals surface area contributed by atoms with Gasteiger partial charge in [0.15, 0.2) is 0 Å². The summed E-state index contributed by atoms with van der Waals surface area (Å²) < 4.78 is 0. The van der Waals surface area contributed by atoms with Crippen LogP contribution in [0.15, 0.2) is 36.5 Å². The van der Waals surface area contributed by atoms with Crippen LogP contribution in [0.5, 0.6) is 0 Å². The van der Waals surface area contributed by atoms with Crippen molar-refractivity contribution in [2.45, 2.75) is 13.8 Å². The van der Waals surface area contributed by atoms with Gasteiger partial charge in [-0.05, 0) is 49.2 Å². The summed E-state index contributed by atoms with van der Waals surface area (Å²) in [6.45, 7) is 3.91. The molecule has 2 amide bonds. The van der Waals surface area contributed by atoms with Gasteiger partial charge in [-0.1, -0.05) is 6.07 Å². The van der Waals surface area contributed by atoms with E-state index in [-0.39, 0.29) is 11.8 Å². The fourth-order valence-corrected chi connectivity index (χ4v) is 1.61. The minimum absolute atomic E-state index is 0.344. The zero-order valence-electron chi connectivity index (χ0n) is 10.8. The highest BCUT2D eigenvalue weighted by molar-refractivity contribution is 5.98. The lowest BCUT2D eigenvalue weighted by atomic mass is 10.1. The molecule has 1 aromatic heterocycles. The van der Waals surface area contributed by atoms with Crippen LogP contribution in [0.3, 0.4) is 0 Å². The summed E-state index contributed by atoms with van der Waals surface area (Å²) in [7, 11) is 0. The van der Waals surface area contributed by atoms with Crippen molar-refractivity contribution in [2.24, 2.45) is 0 Å². The Labute approximate surface area is 111 Å². The first-order valence-electron chi connectivity index (χ1n) is 5.89. The molecule has 0 aliphatic rings. The molecule has 0 saturated heterocycles. The molecule has 1 heterocycles. The van der Waals surface area contributed by atoms with Crippen LogP contribution in [0, 0.1) is 13.8 Å². The third-order valence-electron chi connectivity index (χ3n) is 2.90. The summed E-state index contributed by atoms with van der Waals surface area (Å²) in [5.41, 5.74) is 7.77. The Morgan fingerprint density at radius 3 is 2.37 bits per heavy atom. The van der Waals surface area contributed by atoms with Gasteiger partial charge >= 0.3 is 0 Å². The Morgan fingerprint density at radius 2 is 1.74 bits per heavy atom. The van der Waals surface area contributed by atoms with E-state index in [1.54, 1.807) is 30.5 Å². The lowest BCUT2D eigenvalue weighted by molar-refractivity contribution is 0.0844. The van der Waals surface area contributed by atoms with Crippen LogP contribution < -0.4 is 10.9 Å². The first-order chi connectivity index (χ1) is 9.08. The van der Waals surface area contributed by atoms with Crippen molar-refractivity contribution in [3.63, 3.8) is 0 Å². The summed E-state index contributed by atoms with van der Waals surface area (Å²) in [5, 5.41) is 0. The van der Waals surface area contributed by atoms with Crippen LogP contribution in [-0.4, -0.2) is 16.8 Å². The number of hydrogen-bond donors (Lipinski definition) is 3. The van der Waals surface area contributed by atoms with Gasteiger partial charge in [0.1, 0.15) is 5.69 Å². The Morgan fingerprint density at radius 1 is 1.00 bits per heavy atom. The largest absolute Gasteiger partial charge is 0.357 e. The molecular formula is C14H15N3O2. The highest BCUT2D eigenvalue weighted by Gasteiger charge is 2.09. The summed E-state index contributed by atoms with van der Waals surface area (Å²) >= 11 is 0.